The van der Waals surface area contributed by atoms with Crippen LogP contribution in [0.3, 0.4) is 0 Å². The SMILES string of the molecule is Cc1ccc([C@@H]2C[C@H](c3ccc(C(C)C)cc3)n3nnnc3N2)cc1C. The van der Waals surface area contributed by atoms with Crippen LogP contribution in [0.5, 0.6) is 0 Å². The monoisotopic (exact) mass is 347 g/mol. The highest BCUT2D eigenvalue weighted by molar-refractivity contribution is 5.40. The van der Waals surface area contributed by atoms with Crippen molar-refractivity contribution in [3.8, 4) is 0 Å². The van der Waals surface area contributed by atoms with Crippen LogP contribution in [-0.2, 0) is 0 Å². The van der Waals surface area contributed by atoms with Gasteiger partial charge in [0.1, 0.15) is 0 Å². The van der Waals surface area contributed by atoms with Gasteiger partial charge in [0, 0.05) is 0 Å². The molecule has 0 bridgehead atoms. The van der Waals surface area contributed by atoms with Crippen LogP contribution in [0.2, 0.25) is 0 Å². The lowest BCUT2D eigenvalue weighted by Gasteiger charge is -2.31. The summed E-state index contributed by atoms with van der Waals surface area (Å²) in [6.45, 7) is 8.74. The molecule has 134 valence electrons. The van der Waals surface area contributed by atoms with Crippen LogP contribution in [0.4, 0.5) is 5.95 Å². The molecule has 0 radical (unpaired) electrons. The molecule has 3 aromatic rings. The molecule has 0 aliphatic carbocycles. The number of anilines is 1. The van der Waals surface area contributed by atoms with E-state index in [1.165, 1.54) is 27.8 Å². The lowest BCUT2D eigenvalue weighted by molar-refractivity contribution is 0.423. The van der Waals surface area contributed by atoms with E-state index in [9.17, 15) is 0 Å². The summed E-state index contributed by atoms with van der Waals surface area (Å²) < 4.78 is 1.90. The van der Waals surface area contributed by atoms with Gasteiger partial charge in [0.15, 0.2) is 0 Å². The smallest absolute Gasteiger partial charge is 0.243 e. The quantitative estimate of drug-likeness (QED) is 0.754. The first-order valence-electron chi connectivity index (χ1n) is 9.24. The second-order valence-electron chi connectivity index (χ2n) is 7.56. The summed E-state index contributed by atoms with van der Waals surface area (Å²) in [5.41, 5.74) is 6.51. The Morgan fingerprint density at radius 1 is 1.00 bits per heavy atom. The van der Waals surface area contributed by atoms with Gasteiger partial charge >= 0.3 is 0 Å². The Balaban J connectivity index is 1.69. The predicted molar refractivity (Wildman–Crippen MR) is 103 cm³/mol. The molecule has 5 nitrogen and oxygen atoms in total. The standard InChI is InChI=1S/C21H25N5/c1-13(2)16-7-9-17(10-8-16)20-12-19(22-21-23-24-25-26(20)21)18-6-5-14(3)15(4)11-18/h5-11,13,19-20H,12H2,1-4H3,(H,22,23,25)/t19-,20+/m0/s1. The third-order valence-corrected chi connectivity index (χ3v) is 5.47. The first-order chi connectivity index (χ1) is 12.5. The van der Waals surface area contributed by atoms with Crippen LogP contribution in [0.15, 0.2) is 42.5 Å². The summed E-state index contributed by atoms with van der Waals surface area (Å²) in [5, 5.41) is 15.8. The molecule has 0 unspecified atom stereocenters. The minimum absolute atomic E-state index is 0.133. The minimum Gasteiger partial charge on any atom is -0.346 e. The van der Waals surface area contributed by atoms with Gasteiger partial charge in [0.05, 0.1) is 12.1 Å². The maximum Gasteiger partial charge on any atom is 0.243 e. The van der Waals surface area contributed by atoms with Crippen molar-refractivity contribution in [2.75, 3.05) is 5.32 Å². The lowest BCUT2D eigenvalue weighted by atomic mass is 9.91. The molecule has 26 heavy (non-hydrogen) atoms. The summed E-state index contributed by atoms with van der Waals surface area (Å²) >= 11 is 0. The van der Waals surface area contributed by atoms with Gasteiger partial charge in [-0.1, -0.05) is 61.4 Å². The molecule has 1 aliphatic rings. The van der Waals surface area contributed by atoms with Gasteiger partial charge in [-0.05, 0) is 64.4 Å². The Kier molecular flexibility index (Phi) is 4.23. The lowest BCUT2D eigenvalue weighted by Crippen LogP contribution is -2.28. The molecule has 1 N–H and O–H groups in total. The number of benzene rings is 2. The average molecular weight is 347 g/mol. The Morgan fingerprint density at radius 2 is 1.73 bits per heavy atom. The molecular weight excluding hydrogens is 322 g/mol. The molecule has 0 saturated carbocycles. The largest absolute Gasteiger partial charge is 0.346 e. The van der Waals surface area contributed by atoms with Crippen molar-refractivity contribution >= 4 is 5.95 Å². The first kappa shape index (κ1) is 16.8. The molecule has 0 amide bonds. The molecule has 0 saturated heterocycles. The van der Waals surface area contributed by atoms with E-state index in [0.29, 0.717) is 5.92 Å². The maximum atomic E-state index is 4.22. The number of hydrogen-bond acceptors (Lipinski definition) is 4. The van der Waals surface area contributed by atoms with Crippen LogP contribution in [0.25, 0.3) is 0 Å². The molecule has 1 aliphatic heterocycles. The summed E-state index contributed by atoms with van der Waals surface area (Å²) in [6.07, 6.45) is 0.918. The van der Waals surface area contributed by atoms with Crippen LogP contribution in [-0.4, -0.2) is 20.2 Å². The van der Waals surface area contributed by atoms with Crippen molar-refractivity contribution < 1.29 is 0 Å². The fourth-order valence-electron chi connectivity index (χ4n) is 3.62. The van der Waals surface area contributed by atoms with Crippen molar-refractivity contribution in [2.45, 2.75) is 52.1 Å². The topological polar surface area (TPSA) is 55.6 Å². The number of nitrogens with one attached hydrogen (secondary N) is 1. The first-order valence-corrected chi connectivity index (χ1v) is 9.24. The number of fused-ring (bicyclic) bond motifs is 1. The van der Waals surface area contributed by atoms with E-state index in [4.69, 9.17) is 0 Å². The number of aryl methyl sites for hydroxylation is 2. The fraction of sp³-hybridized carbons (Fsp3) is 0.381. The van der Waals surface area contributed by atoms with E-state index in [-0.39, 0.29) is 12.1 Å². The van der Waals surface area contributed by atoms with Gasteiger partial charge in [-0.15, -0.1) is 0 Å². The van der Waals surface area contributed by atoms with Crippen molar-refractivity contribution in [1.29, 1.82) is 0 Å². The molecule has 4 rings (SSSR count). The van der Waals surface area contributed by atoms with Gasteiger partial charge in [0.2, 0.25) is 5.95 Å². The molecule has 5 heteroatoms. The summed E-state index contributed by atoms with van der Waals surface area (Å²) in [4.78, 5) is 0. The number of rotatable bonds is 3. The van der Waals surface area contributed by atoms with Crippen LogP contribution in [0, 0.1) is 13.8 Å². The summed E-state index contributed by atoms with van der Waals surface area (Å²) in [7, 11) is 0. The Hall–Kier alpha value is -2.69. The van der Waals surface area contributed by atoms with E-state index in [0.717, 1.165) is 12.4 Å². The van der Waals surface area contributed by atoms with E-state index < -0.39 is 0 Å². The third kappa shape index (κ3) is 2.98. The average Bonchev–Trinajstić information content (AvgIpc) is 3.12. The van der Waals surface area contributed by atoms with Crippen molar-refractivity contribution in [1.82, 2.24) is 20.2 Å². The van der Waals surface area contributed by atoms with E-state index >= 15 is 0 Å². The fourth-order valence-corrected chi connectivity index (χ4v) is 3.62. The Morgan fingerprint density at radius 3 is 2.42 bits per heavy atom. The minimum atomic E-state index is 0.133. The van der Waals surface area contributed by atoms with Crippen molar-refractivity contribution in [3.05, 3.63) is 70.3 Å². The number of aromatic nitrogens is 4. The van der Waals surface area contributed by atoms with Gasteiger partial charge in [-0.2, -0.15) is 0 Å². The van der Waals surface area contributed by atoms with Crippen LogP contribution >= 0.6 is 0 Å². The molecule has 0 spiro atoms. The zero-order valence-electron chi connectivity index (χ0n) is 15.8. The highest BCUT2D eigenvalue weighted by Crippen LogP contribution is 2.37. The van der Waals surface area contributed by atoms with Gasteiger partial charge < -0.3 is 5.32 Å². The highest BCUT2D eigenvalue weighted by Gasteiger charge is 2.30. The summed E-state index contributed by atoms with van der Waals surface area (Å²) in [6, 6.07) is 15.9. The summed E-state index contributed by atoms with van der Waals surface area (Å²) in [5.74, 6) is 1.27. The number of nitrogens with zero attached hydrogens (tertiary/aromatic N) is 4. The maximum absolute atomic E-state index is 4.22. The molecule has 2 atom stereocenters. The molecule has 0 fully saturated rings. The van der Waals surface area contributed by atoms with Crippen molar-refractivity contribution in [3.63, 3.8) is 0 Å². The molecular formula is C21H25N5. The predicted octanol–water partition coefficient (Wildman–Crippen LogP) is 4.56. The van der Waals surface area contributed by atoms with E-state index in [2.05, 4.69) is 91.0 Å². The van der Waals surface area contributed by atoms with E-state index in [1.807, 2.05) is 4.68 Å². The van der Waals surface area contributed by atoms with Gasteiger partial charge in [0.25, 0.3) is 0 Å². The number of tetrazole rings is 1. The normalized spacial score (nSPS) is 19.3. The number of hydrogen-bond donors (Lipinski definition) is 1. The molecule has 2 aromatic carbocycles. The second-order valence-corrected chi connectivity index (χ2v) is 7.56. The zero-order chi connectivity index (χ0) is 18.3. The van der Waals surface area contributed by atoms with E-state index in [1.54, 1.807) is 0 Å². The van der Waals surface area contributed by atoms with Crippen LogP contribution < -0.4 is 5.32 Å². The third-order valence-electron chi connectivity index (χ3n) is 5.47. The molecule has 2 heterocycles. The second kappa shape index (κ2) is 6.56. The highest BCUT2D eigenvalue weighted by atomic mass is 15.6. The van der Waals surface area contributed by atoms with Gasteiger partial charge in [-0.25, -0.2) is 4.68 Å². The van der Waals surface area contributed by atoms with Crippen LogP contribution in [0.1, 0.15) is 66.1 Å². The molecule has 1 aromatic heterocycles. The Labute approximate surface area is 154 Å². The Bertz CT molecular complexity index is 910. The van der Waals surface area contributed by atoms with Gasteiger partial charge in [-0.3, -0.25) is 0 Å². The zero-order valence-corrected chi connectivity index (χ0v) is 15.8. The van der Waals surface area contributed by atoms with Crippen molar-refractivity contribution in [2.24, 2.45) is 0 Å².